The first-order chi connectivity index (χ1) is 14.4. The number of nitrogens with zero attached hydrogens (tertiary/aromatic N) is 2. The summed E-state index contributed by atoms with van der Waals surface area (Å²) in [6.07, 6.45) is 1.67. The van der Waals surface area contributed by atoms with Crippen molar-refractivity contribution in [3.8, 4) is 5.69 Å². The van der Waals surface area contributed by atoms with E-state index in [0.717, 1.165) is 11.3 Å². The van der Waals surface area contributed by atoms with Gasteiger partial charge in [0.15, 0.2) is 6.04 Å². The van der Waals surface area contributed by atoms with Crippen LogP contribution in [0, 0.1) is 0 Å². The van der Waals surface area contributed by atoms with Crippen LogP contribution in [0.3, 0.4) is 0 Å². The Bertz CT molecular complexity index is 1150. The molecule has 154 valence electrons. The van der Waals surface area contributed by atoms with Crippen LogP contribution in [0.5, 0.6) is 0 Å². The maximum absolute atomic E-state index is 13.7. The highest BCUT2D eigenvalue weighted by Gasteiger charge is 2.43. The van der Waals surface area contributed by atoms with Crippen molar-refractivity contribution in [3.05, 3.63) is 84.6 Å². The zero-order valence-corrected chi connectivity index (χ0v) is 15.6. The minimum atomic E-state index is -4.65. The van der Waals surface area contributed by atoms with Gasteiger partial charge in [0.2, 0.25) is 0 Å². The minimum Gasteiger partial charge on any atom is -0.361 e. The topological polar surface area (TPSA) is 74.7 Å². The monoisotopic (exact) mass is 413 g/mol. The van der Waals surface area contributed by atoms with Gasteiger partial charge in [-0.15, -0.1) is 0 Å². The van der Waals surface area contributed by atoms with Gasteiger partial charge in [-0.2, -0.15) is 13.2 Å². The van der Waals surface area contributed by atoms with E-state index in [0.29, 0.717) is 10.9 Å². The Morgan fingerprint density at radius 2 is 2.00 bits per heavy atom. The lowest BCUT2D eigenvalue weighted by Gasteiger charge is -2.21. The van der Waals surface area contributed by atoms with Crippen LogP contribution in [0.25, 0.3) is 16.6 Å². The van der Waals surface area contributed by atoms with Crippen molar-refractivity contribution in [1.29, 1.82) is 0 Å². The first kappa shape index (κ1) is 19.6. The van der Waals surface area contributed by atoms with Gasteiger partial charge in [0.1, 0.15) is 0 Å². The highest BCUT2D eigenvalue weighted by Crippen LogP contribution is 2.36. The predicted molar refractivity (Wildman–Crippen MR) is 106 cm³/mol. The van der Waals surface area contributed by atoms with E-state index in [1.807, 2.05) is 12.1 Å². The van der Waals surface area contributed by atoms with E-state index in [-0.39, 0.29) is 12.1 Å². The Labute approximate surface area is 169 Å². The van der Waals surface area contributed by atoms with Gasteiger partial charge in [0.05, 0.1) is 6.33 Å². The van der Waals surface area contributed by atoms with Gasteiger partial charge in [0, 0.05) is 47.3 Å². The zero-order chi connectivity index (χ0) is 21.1. The third-order valence-corrected chi connectivity index (χ3v) is 4.70. The summed E-state index contributed by atoms with van der Waals surface area (Å²) < 4.78 is 42.8. The number of hydrogen-bond acceptors (Lipinski definition) is 2. The summed E-state index contributed by atoms with van der Waals surface area (Å²) in [7, 11) is 0. The predicted octanol–water partition coefficient (Wildman–Crippen LogP) is 4.46. The van der Waals surface area contributed by atoms with Crippen molar-refractivity contribution in [2.24, 2.45) is 0 Å². The molecule has 1 atom stereocenters. The molecule has 6 nitrogen and oxygen atoms in total. The lowest BCUT2D eigenvalue weighted by atomic mass is 10.1. The van der Waals surface area contributed by atoms with E-state index >= 15 is 0 Å². The second-order valence-corrected chi connectivity index (χ2v) is 6.73. The number of halogens is 3. The molecule has 2 aromatic carbocycles. The van der Waals surface area contributed by atoms with Gasteiger partial charge < -0.3 is 20.2 Å². The van der Waals surface area contributed by atoms with Crippen LogP contribution in [0.15, 0.2) is 73.4 Å². The summed E-state index contributed by atoms with van der Waals surface area (Å²) in [6, 6.07) is 10.9. The number of urea groups is 1. The van der Waals surface area contributed by atoms with Crippen molar-refractivity contribution in [1.82, 2.24) is 25.2 Å². The molecule has 30 heavy (non-hydrogen) atoms. The Balaban J connectivity index is 1.47. The average molecular weight is 413 g/mol. The van der Waals surface area contributed by atoms with Crippen LogP contribution in [-0.2, 0) is 6.54 Å². The lowest BCUT2D eigenvalue weighted by Crippen LogP contribution is -2.43. The number of aromatic amines is 1. The molecule has 0 saturated carbocycles. The van der Waals surface area contributed by atoms with Crippen LogP contribution >= 0.6 is 0 Å². The molecule has 4 rings (SSSR count). The van der Waals surface area contributed by atoms with E-state index in [2.05, 4.69) is 20.6 Å². The van der Waals surface area contributed by atoms with Gasteiger partial charge in [-0.3, -0.25) is 0 Å². The Morgan fingerprint density at radius 1 is 1.17 bits per heavy atom. The number of hydrogen-bond donors (Lipinski definition) is 3. The molecule has 0 spiro atoms. The maximum atomic E-state index is 13.7. The molecule has 0 aliphatic carbocycles. The molecule has 0 saturated heterocycles. The van der Waals surface area contributed by atoms with Gasteiger partial charge in [-0.05, 0) is 23.8 Å². The van der Waals surface area contributed by atoms with Crippen molar-refractivity contribution >= 4 is 16.9 Å². The number of imidazole rings is 1. The maximum Gasteiger partial charge on any atom is 0.413 e. The number of nitrogens with one attached hydrogen (secondary N) is 3. The molecule has 3 N–H and O–H groups in total. The lowest BCUT2D eigenvalue weighted by molar-refractivity contribution is -0.154. The van der Waals surface area contributed by atoms with E-state index in [1.54, 1.807) is 59.7 Å². The summed E-state index contributed by atoms with van der Waals surface area (Å²) in [5.74, 6) is 0. The first-order valence-electron chi connectivity index (χ1n) is 9.16. The molecule has 9 heteroatoms. The fourth-order valence-corrected chi connectivity index (χ4v) is 3.27. The SMILES string of the molecule is O=C(NCc1cccc(-n2ccnc2)c1)NC(c1c[nH]c2ccccc12)C(F)(F)F. The van der Waals surface area contributed by atoms with Crippen molar-refractivity contribution in [3.63, 3.8) is 0 Å². The van der Waals surface area contributed by atoms with Crippen LogP contribution < -0.4 is 10.6 Å². The highest BCUT2D eigenvalue weighted by molar-refractivity contribution is 5.84. The normalized spacial score (nSPS) is 12.6. The molecule has 0 radical (unpaired) electrons. The smallest absolute Gasteiger partial charge is 0.361 e. The Kier molecular flexibility index (Phi) is 5.18. The molecule has 0 aliphatic rings. The molecule has 1 unspecified atom stereocenters. The second kappa shape index (κ2) is 7.94. The largest absolute Gasteiger partial charge is 0.413 e. The number of para-hydroxylation sites is 1. The second-order valence-electron chi connectivity index (χ2n) is 6.73. The van der Waals surface area contributed by atoms with E-state index < -0.39 is 18.2 Å². The number of benzene rings is 2. The molecule has 4 aromatic rings. The fourth-order valence-electron chi connectivity index (χ4n) is 3.27. The van der Waals surface area contributed by atoms with E-state index in [4.69, 9.17) is 0 Å². The molecule has 0 fully saturated rings. The first-order valence-corrected chi connectivity index (χ1v) is 9.16. The fraction of sp³-hybridized carbons (Fsp3) is 0.143. The summed E-state index contributed by atoms with van der Waals surface area (Å²) >= 11 is 0. The van der Waals surface area contributed by atoms with Crippen molar-refractivity contribution in [2.75, 3.05) is 0 Å². The zero-order valence-electron chi connectivity index (χ0n) is 15.6. The molecular formula is C21H18F3N5O. The van der Waals surface area contributed by atoms with Crippen LogP contribution in [-0.4, -0.2) is 26.7 Å². The molecule has 0 aliphatic heterocycles. The molecule has 2 aromatic heterocycles. The molecule has 0 bridgehead atoms. The van der Waals surface area contributed by atoms with Gasteiger partial charge in [-0.1, -0.05) is 30.3 Å². The molecular weight excluding hydrogens is 395 g/mol. The summed E-state index contributed by atoms with van der Waals surface area (Å²) in [5.41, 5.74) is 2.11. The Morgan fingerprint density at radius 3 is 2.77 bits per heavy atom. The Hall–Kier alpha value is -3.75. The number of alkyl halides is 3. The summed E-state index contributed by atoms with van der Waals surface area (Å²) in [6.45, 7) is 0.0762. The number of aromatic nitrogens is 3. The number of carbonyl (C=O) groups is 1. The van der Waals surface area contributed by atoms with Crippen molar-refractivity contribution < 1.29 is 18.0 Å². The highest BCUT2D eigenvalue weighted by atomic mass is 19.4. The number of carbonyl (C=O) groups excluding carboxylic acids is 1. The van der Waals surface area contributed by atoms with Crippen LogP contribution in [0.1, 0.15) is 17.2 Å². The third-order valence-electron chi connectivity index (χ3n) is 4.70. The minimum absolute atomic E-state index is 0.0321. The number of amides is 2. The molecule has 2 heterocycles. The number of rotatable bonds is 5. The number of H-pyrrole nitrogens is 1. The standard InChI is InChI=1S/C21H18F3N5O/c22-21(23,24)19(17-12-26-18-7-2-1-6-16(17)18)28-20(30)27-11-14-4-3-5-15(10-14)29-9-8-25-13-29/h1-10,12-13,19,26H,11H2,(H2,27,28,30). The van der Waals surface area contributed by atoms with Gasteiger partial charge in [0.25, 0.3) is 0 Å². The number of fused-ring (bicyclic) bond motifs is 1. The van der Waals surface area contributed by atoms with Crippen LogP contribution in [0.2, 0.25) is 0 Å². The average Bonchev–Trinajstić information content (AvgIpc) is 3.40. The van der Waals surface area contributed by atoms with E-state index in [9.17, 15) is 18.0 Å². The third kappa shape index (κ3) is 4.14. The summed E-state index contributed by atoms with van der Waals surface area (Å²) in [4.78, 5) is 19.1. The van der Waals surface area contributed by atoms with Gasteiger partial charge in [-0.25, -0.2) is 9.78 Å². The van der Waals surface area contributed by atoms with Crippen LogP contribution in [0.4, 0.5) is 18.0 Å². The summed E-state index contributed by atoms with van der Waals surface area (Å²) in [5, 5.41) is 4.96. The van der Waals surface area contributed by atoms with Crippen molar-refractivity contribution in [2.45, 2.75) is 18.8 Å². The quantitative estimate of drug-likeness (QED) is 0.452. The molecule has 2 amide bonds. The van der Waals surface area contributed by atoms with Gasteiger partial charge >= 0.3 is 12.2 Å². The van der Waals surface area contributed by atoms with E-state index in [1.165, 1.54) is 6.20 Å².